The van der Waals surface area contributed by atoms with E-state index in [-0.39, 0.29) is 18.1 Å². The Balaban J connectivity index is 2.73. The zero-order valence-corrected chi connectivity index (χ0v) is 10.00. The second-order valence-corrected chi connectivity index (χ2v) is 3.83. The summed E-state index contributed by atoms with van der Waals surface area (Å²) in [5.41, 5.74) is -0.155. The van der Waals surface area contributed by atoms with Gasteiger partial charge in [-0.1, -0.05) is 13.3 Å². The highest BCUT2D eigenvalue weighted by atomic mass is 16.6. The number of nitrogens with one attached hydrogen (secondary N) is 1. The van der Waals surface area contributed by atoms with Gasteiger partial charge in [0.2, 0.25) is 5.82 Å². The Morgan fingerprint density at radius 1 is 1.67 bits per heavy atom. The highest BCUT2D eigenvalue weighted by Crippen LogP contribution is 2.21. The molecule has 0 fully saturated rings. The Kier molecular flexibility index (Phi) is 5.04. The predicted octanol–water partition coefficient (Wildman–Crippen LogP) is 1.90. The molecule has 1 unspecified atom stereocenters. The molecule has 0 saturated carbocycles. The normalized spacial score (nSPS) is 11.8. The SMILES string of the molecule is CCCC(CNc1ncccc1[N+](=O)[O-])C(=O)O. The monoisotopic (exact) mass is 253 g/mol. The Morgan fingerprint density at radius 2 is 2.39 bits per heavy atom. The number of carboxylic acids is 1. The Morgan fingerprint density at radius 3 is 2.94 bits per heavy atom. The second kappa shape index (κ2) is 6.53. The van der Waals surface area contributed by atoms with Crippen molar-refractivity contribution in [1.82, 2.24) is 4.98 Å². The van der Waals surface area contributed by atoms with E-state index < -0.39 is 16.8 Å². The van der Waals surface area contributed by atoms with E-state index in [0.717, 1.165) is 6.42 Å². The van der Waals surface area contributed by atoms with E-state index in [1.807, 2.05) is 6.92 Å². The molecule has 0 bridgehead atoms. The minimum atomic E-state index is -0.914. The molecule has 0 aliphatic heterocycles. The van der Waals surface area contributed by atoms with E-state index in [4.69, 9.17) is 5.11 Å². The van der Waals surface area contributed by atoms with Gasteiger partial charge in [0, 0.05) is 18.8 Å². The summed E-state index contributed by atoms with van der Waals surface area (Å²) in [6.07, 6.45) is 2.68. The lowest BCUT2D eigenvalue weighted by Gasteiger charge is -2.12. The molecule has 0 aromatic carbocycles. The van der Waals surface area contributed by atoms with Crippen LogP contribution >= 0.6 is 0 Å². The predicted molar refractivity (Wildman–Crippen MR) is 65.4 cm³/mol. The van der Waals surface area contributed by atoms with Crippen molar-refractivity contribution < 1.29 is 14.8 Å². The van der Waals surface area contributed by atoms with Crippen LogP contribution in [0.1, 0.15) is 19.8 Å². The molecule has 7 nitrogen and oxygen atoms in total. The molecule has 0 amide bonds. The average molecular weight is 253 g/mol. The van der Waals surface area contributed by atoms with Crippen molar-refractivity contribution in [1.29, 1.82) is 0 Å². The first-order valence-electron chi connectivity index (χ1n) is 5.62. The quantitative estimate of drug-likeness (QED) is 0.568. The summed E-state index contributed by atoms with van der Waals surface area (Å²) in [6.45, 7) is 2.01. The maximum Gasteiger partial charge on any atom is 0.311 e. The number of carboxylic acid groups (broad SMARTS) is 1. The highest BCUT2D eigenvalue weighted by molar-refractivity contribution is 5.71. The van der Waals surface area contributed by atoms with Crippen molar-refractivity contribution in [2.24, 2.45) is 5.92 Å². The van der Waals surface area contributed by atoms with Gasteiger partial charge < -0.3 is 10.4 Å². The first-order valence-corrected chi connectivity index (χ1v) is 5.62. The van der Waals surface area contributed by atoms with E-state index in [2.05, 4.69) is 10.3 Å². The fourth-order valence-corrected chi connectivity index (χ4v) is 1.56. The molecule has 18 heavy (non-hydrogen) atoms. The molecule has 1 rings (SSSR count). The van der Waals surface area contributed by atoms with E-state index in [0.29, 0.717) is 6.42 Å². The van der Waals surface area contributed by atoms with Gasteiger partial charge in [-0.3, -0.25) is 14.9 Å². The molecule has 0 radical (unpaired) electrons. The maximum atomic E-state index is 10.9. The largest absolute Gasteiger partial charge is 0.481 e. The third-order valence-corrected chi connectivity index (χ3v) is 2.49. The Bertz CT molecular complexity index is 436. The molecule has 0 spiro atoms. The number of hydrogen-bond donors (Lipinski definition) is 2. The van der Waals surface area contributed by atoms with E-state index in [1.165, 1.54) is 18.3 Å². The van der Waals surface area contributed by atoms with Crippen molar-refractivity contribution in [3.63, 3.8) is 0 Å². The minimum absolute atomic E-state index is 0.102. The van der Waals surface area contributed by atoms with Gasteiger partial charge in [-0.15, -0.1) is 0 Å². The van der Waals surface area contributed by atoms with Crippen molar-refractivity contribution in [2.75, 3.05) is 11.9 Å². The van der Waals surface area contributed by atoms with Crippen molar-refractivity contribution in [3.05, 3.63) is 28.4 Å². The van der Waals surface area contributed by atoms with Gasteiger partial charge in [-0.05, 0) is 12.5 Å². The lowest BCUT2D eigenvalue weighted by Crippen LogP contribution is -2.23. The van der Waals surface area contributed by atoms with Gasteiger partial charge in [-0.25, -0.2) is 4.98 Å². The van der Waals surface area contributed by atoms with Crippen LogP contribution in [0.4, 0.5) is 11.5 Å². The van der Waals surface area contributed by atoms with Crippen LogP contribution in [0.25, 0.3) is 0 Å². The molecule has 1 aromatic heterocycles. The van der Waals surface area contributed by atoms with Gasteiger partial charge in [0.1, 0.15) is 0 Å². The zero-order chi connectivity index (χ0) is 13.5. The van der Waals surface area contributed by atoms with Crippen molar-refractivity contribution >= 4 is 17.5 Å². The summed E-state index contributed by atoms with van der Waals surface area (Å²) in [5.74, 6) is -1.38. The number of carbonyl (C=O) groups is 1. The number of hydrogen-bond acceptors (Lipinski definition) is 5. The summed E-state index contributed by atoms with van der Waals surface area (Å²) >= 11 is 0. The molecule has 2 N–H and O–H groups in total. The fourth-order valence-electron chi connectivity index (χ4n) is 1.56. The Hall–Kier alpha value is -2.18. The average Bonchev–Trinajstić information content (AvgIpc) is 2.34. The number of aromatic nitrogens is 1. The molecule has 1 heterocycles. The number of rotatable bonds is 7. The second-order valence-electron chi connectivity index (χ2n) is 3.83. The van der Waals surface area contributed by atoms with E-state index in [9.17, 15) is 14.9 Å². The molecule has 1 atom stereocenters. The number of pyridine rings is 1. The third-order valence-electron chi connectivity index (χ3n) is 2.49. The molecular formula is C11H15N3O4. The number of nitrogens with zero attached hydrogens (tertiary/aromatic N) is 2. The summed E-state index contributed by atoms with van der Waals surface area (Å²) < 4.78 is 0. The van der Waals surface area contributed by atoms with Gasteiger partial charge >= 0.3 is 11.7 Å². The van der Waals surface area contributed by atoms with Crippen LogP contribution in [0.5, 0.6) is 0 Å². The maximum absolute atomic E-state index is 10.9. The summed E-state index contributed by atoms with van der Waals surface area (Å²) in [7, 11) is 0. The van der Waals surface area contributed by atoms with Crippen molar-refractivity contribution in [2.45, 2.75) is 19.8 Å². The lowest BCUT2D eigenvalue weighted by atomic mass is 10.0. The van der Waals surface area contributed by atoms with Gasteiger partial charge in [0.15, 0.2) is 0 Å². The first kappa shape index (κ1) is 13.9. The van der Waals surface area contributed by atoms with Crippen LogP contribution in [-0.4, -0.2) is 27.5 Å². The van der Waals surface area contributed by atoms with Gasteiger partial charge in [-0.2, -0.15) is 0 Å². The topological polar surface area (TPSA) is 105 Å². The van der Waals surface area contributed by atoms with E-state index in [1.54, 1.807) is 0 Å². The fraction of sp³-hybridized carbons (Fsp3) is 0.455. The summed E-state index contributed by atoms with van der Waals surface area (Å²) in [4.78, 5) is 25.0. The highest BCUT2D eigenvalue weighted by Gasteiger charge is 2.19. The minimum Gasteiger partial charge on any atom is -0.481 e. The summed E-state index contributed by atoms with van der Waals surface area (Å²) in [6, 6.07) is 2.79. The number of aliphatic carboxylic acids is 1. The van der Waals surface area contributed by atoms with Crippen LogP contribution < -0.4 is 5.32 Å². The molecule has 0 saturated heterocycles. The molecule has 0 aliphatic rings. The molecule has 1 aromatic rings. The lowest BCUT2D eigenvalue weighted by molar-refractivity contribution is -0.384. The zero-order valence-electron chi connectivity index (χ0n) is 10.00. The van der Waals surface area contributed by atoms with Gasteiger partial charge in [0.25, 0.3) is 0 Å². The number of anilines is 1. The smallest absolute Gasteiger partial charge is 0.311 e. The molecule has 7 heteroatoms. The van der Waals surface area contributed by atoms with Crippen LogP contribution in [0.15, 0.2) is 18.3 Å². The first-order chi connectivity index (χ1) is 8.56. The third kappa shape index (κ3) is 3.69. The van der Waals surface area contributed by atoms with Crippen LogP contribution in [-0.2, 0) is 4.79 Å². The van der Waals surface area contributed by atoms with Crippen LogP contribution in [0, 0.1) is 16.0 Å². The summed E-state index contributed by atoms with van der Waals surface area (Å²) in [5, 5.41) is 22.4. The van der Waals surface area contributed by atoms with E-state index >= 15 is 0 Å². The number of nitro groups is 1. The van der Waals surface area contributed by atoms with Crippen LogP contribution in [0.3, 0.4) is 0 Å². The Labute approximate surface area is 104 Å². The standard InChI is InChI=1S/C11H15N3O4/c1-2-4-8(11(15)16)7-13-10-9(14(17)18)5-3-6-12-10/h3,5-6,8H,2,4,7H2,1H3,(H,12,13)(H,15,16). The van der Waals surface area contributed by atoms with Crippen molar-refractivity contribution in [3.8, 4) is 0 Å². The molecule has 98 valence electrons. The molecular weight excluding hydrogens is 238 g/mol. The van der Waals surface area contributed by atoms with Crippen LogP contribution in [0.2, 0.25) is 0 Å². The molecule has 0 aliphatic carbocycles. The van der Waals surface area contributed by atoms with Gasteiger partial charge in [0.05, 0.1) is 10.8 Å².